The van der Waals surface area contributed by atoms with Crippen LogP contribution in [0.15, 0.2) is 24.3 Å². The van der Waals surface area contributed by atoms with Crippen molar-refractivity contribution in [2.45, 2.75) is 45.7 Å². The highest BCUT2D eigenvalue weighted by atomic mass is 16.5. The van der Waals surface area contributed by atoms with Crippen molar-refractivity contribution in [3.05, 3.63) is 29.8 Å². The second-order valence-electron chi connectivity index (χ2n) is 8.15. The van der Waals surface area contributed by atoms with Crippen LogP contribution >= 0.6 is 0 Å². The van der Waals surface area contributed by atoms with E-state index in [9.17, 15) is 0 Å². The van der Waals surface area contributed by atoms with Gasteiger partial charge in [-0.1, -0.05) is 26.0 Å². The van der Waals surface area contributed by atoms with E-state index in [0.717, 1.165) is 38.5 Å². The van der Waals surface area contributed by atoms with Crippen LogP contribution in [0.25, 0.3) is 0 Å². The van der Waals surface area contributed by atoms with Gasteiger partial charge < -0.3 is 15.0 Å². The average Bonchev–Trinajstić information content (AvgIpc) is 3.12. The van der Waals surface area contributed by atoms with Gasteiger partial charge in [0.25, 0.3) is 0 Å². The maximum atomic E-state index is 5.86. The number of hydrogen-bond donors (Lipinski definition) is 1. The van der Waals surface area contributed by atoms with Crippen LogP contribution in [0, 0.1) is 5.92 Å². The van der Waals surface area contributed by atoms with Crippen molar-refractivity contribution >= 4 is 0 Å². The van der Waals surface area contributed by atoms with Crippen molar-refractivity contribution in [2.24, 2.45) is 5.92 Å². The van der Waals surface area contributed by atoms with Crippen molar-refractivity contribution in [3.63, 3.8) is 0 Å². The molecule has 2 aliphatic heterocycles. The van der Waals surface area contributed by atoms with Crippen LogP contribution in [0.2, 0.25) is 0 Å². The highest BCUT2D eigenvalue weighted by Crippen LogP contribution is 2.27. The first-order valence-corrected chi connectivity index (χ1v) is 10.0. The summed E-state index contributed by atoms with van der Waals surface area (Å²) in [6.07, 6.45) is 2.71. The Morgan fingerprint density at radius 1 is 1.12 bits per heavy atom. The number of likely N-dealkylation sites (tertiary alicyclic amines) is 1. The fourth-order valence-corrected chi connectivity index (χ4v) is 3.94. The molecule has 3 rings (SSSR count). The van der Waals surface area contributed by atoms with E-state index in [1.165, 1.54) is 31.5 Å². The summed E-state index contributed by atoms with van der Waals surface area (Å²) in [6, 6.07) is 9.93. The van der Waals surface area contributed by atoms with Gasteiger partial charge in [-0.25, -0.2) is 0 Å². The van der Waals surface area contributed by atoms with E-state index in [4.69, 9.17) is 4.74 Å². The van der Waals surface area contributed by atoms with Crippen LogP contribution in [0.3, 0.4) is 0 Å². The Kier molecular flexibility index (Phi) is 6.74. The number of rotatable bonds is 7. The first-order valence-electron chi connectivity index (χ1n) is 10.0. The van der Waals surface area contributed by atoms with Crippen LogP contribution in [-0.2, 0) is 0 Å². The third kappa shape index (κ3) is 5.44. The second-order valence-corrected chi connectivity index (χ2v) is 8.15. The summed E-state index contributed by atoms with van der Waals surface area (Å²) >= 11 is 0. The van der Waals surface area contributed by atoms with Gasteiger partial charge in [0.1, 0.15) is 5.75 Å². The fraction of sp³-hybridized carbons (Fsp3) is 0.714. The molecule has 25 heavy (non-hydrogen) atoms. The minimum atomic E-state index is 0.488. The molecule has 0 aromatic heterocycles. The molecule has 1 aromatic rings. The van der Waals surface area contributed by atoms with E-state index in [1.807, 2.05) is 0 Å². The van der Waals surface area contributed by atoms with E-state index in [2.05, 4.69) is 60.2 Å². The maximum absolute atomic E-state index is 5.86. The number of nitrogens with zero attached hydrogens (tertiary/aromatic N) is 2. The molecule has 140 valence electrons. The van der Waals surface area contributed by atoms with E-state index in [1.54, 1.807) is 0 Å². The van der Waals surface area contributed by atoms with Gasteiger partial charge in [0.05, 0.1) is 6.61 Å². The molecular weight excluding hydrogens is 310 g/mol. The topological polar surface area (TPSA) is 27.7 Å². The quantitative estimate of drug-likeness (QED) is 0.822. The van der Waals surface area contributed by atoms with Crippen LogP contribution in [-0.4, -0.2) is 61.7 Å². The third-order valence-corrected chi connectivity index (χ3v) is 5.32. The molecule has 1 N–H and O–H groups in total. The number of benzene rings is 1. The van der Waals surface area contributed by atoms with Crippen LogP contribution in [0.1, 0.15) is 45.2 Å². The number of piperazine rings is 1. The fourth-order valence-electron chi connectivity index (χ4n) is 3.94. The molecule has 4 nitrogen and oxygen atoms in total. The van der Waals surface area contributed by atoms with E-state index < -0.39 is 0 Å². The molecule has 2 aliphatic rings. The lowest BCUT2D eigenvalue weighted by molar-refractivity contribution is 0.117. The van der Waals surface area contributed by atoms with E-state index in [0.29, 0.717) is 18.0 Å². The Morgan fingerprint density at radius 3 is 2.48 bits per heavy atom. The first-order chi connectivity index (χ1) is 12.1. The van der Waals surface area contributed by atoms with Crippen molar-refractivity contribution in [1.29, 1.82) is 0 Å². The standard InChI is InChI=1S/C21H35N3O/c1-17(2)16-25-20-8-6-19(7-9-20)21(15-23-11-4-5-12-23)24-13-10-22-18(3)14-24/h6-9,17-18,21-22H,4-5,10-16H2,1-3H3. The molecule has 2 heterocycles. The van der Waals surface area contributed by atoms with Crippen molar-refractivity contribution < 1.29 is 4.74 Å². The highest BCUT2D eigenvalue weighted by Gasteiger charge is 2.27. The lowest BCUT2D eigenvalue weighted by atomic mass is 10.0. The number of ether oxygens (including phenoxy) is 1. The van der Waals surface area contributed by atoms with Crippen LogP contribution in [0.4, 0.5) is 0 Å². The summed E-state index contributed by atoms with van der Waals surface area (Å²) in [6.45, 7) is 14.5. The molecule has 0 aliphatic carbocycles. The summed E-state index contributed by atoms with van der Waals surface area (Å²) in [5.74, 6) is 1.55. The van der Waals surface area contributed by atoms with Gasteiger partial charge >= 0.3 is 0 Å². The Balaban J connectivity index is 1.70. The molecule has 2 atom stereocenters. The molecule has 0 spiro atoms. The minimum absolute atomic E-state index is 0.488. The summed E-state index contributed by atoms with van der Waals surface area (Å²) < 4.78 is 5.86. The van der Waals surface area contributed by atoms with Gasteiger partial charge in [-0.15, -0.1) is 0 Å². The molecule has 0 saturated carbocycles. The summed E-state index contributed by atoms with van der Waals surface area (Å²) in [7, 11) is 0. The van der Waals surface area contributed by atoms with Crippen molar-refractivity contribution in [1.82, 2.24) is 15.1 Å². The van der Waals surface area contributed by atoms with Gasteiger partial charge in [0.2, 0.25) is 0 Å². The molecular formula is C21H35N3O. The zero-order chi connectivity index (χ0) is 17.6. The summed E-state index contributed by atoms with van der Waals surface area (Å²) in [4.78, 5) is 5.31. The Labute approximate surface area is 153 Å². The van der Waals surface area contributed by atoms with Crippen LogP contribution < -0.4 is 10.1 Å². The molecule has 0 radical (unpaired) electrons. The minimum Gasteiger partial charge on any atom is -0.493 e. The van der Waals surface area contributed by atoms with E-state index >= 15 is 0 Å². The molecule has 2 saturated heterocycles. The second kappa shape index (κ2) is 9.02. The third-order valence-electron chi connectivity index (χ3n) is 5.32. The highest BCUT2D eigenvalue weighted by molar-refractivity contribution is 5.29. The summed E-state index contributed by atoms with van der Waals surface area (Å²) in [5, 5.41) is 3.57. The predicted octanol–water partition coefficient (Wildman–Crippen LogP) is 3.15. The van der Waals surface area contributed by atoms with Crippen LogP contribution in [0.5, 0.6) is 5.75 Å². The average molecular weight is 346 g/mol. The Morgan fingerprint density at radius 2 is 1.84 bits per heavy atom. The monoisotopic (exact) mass is 345 g/mol. The smallest absolute Gasteiger partial charge is 0.119 e. The normalized spacial score (nSPS) is 23.9. The van der Waals surface area contributed by atoms with E-state index in [-0.39, 0.29) is 0 Å². The first kappa shape index (κ1) is 18.7. The molecule has 1 aromatic carbocycles. The SMILES string of the molecule is CC(C)COc1ccc(C(CN2CCCC2)N2CCNC(C)C2)cc1. The zero-order valence-corrected chi connectivity index (χ0v) is 16.2. The van der Waals surface area contributed by atoms with Gasteiger partial charge in [-0.05, 0) is 56.5 Å². The predicted molar refractivity (Wildman–Crippen MR) is 104 cm³/mol. The van der Waals surface area contributed by atoms with Gasteiger partial charge in [0, 0.05) is 38.3 Å². The number of hydrogen-bond acceptors (Lipinski definition) is 4. The molecule has 0 amide bonds. The molecule has 0 bridgehead atoms. The van der Waals surface area contributed by atoms with Crippen molar-refractivity contribution in [2.75, 3.05) is 45.9 Å². The van der Waals surface area contributed by atoms with Crippen molar-refractivity contribution in [3.8, 4) is 5.75 Å². The maximum Gasteiger partial charge on any atom is 0.119 e. The molecule has 2 fully saturated rings. The van der Waals surface area contributed by atoms with Gasteiger partial charge in [-0.2, -0.15) is 0 Å². The Bertz CT molecular complexity index is 510. The molecule has 4 heteroatoms. The lowest BCUT2D eigenvalue weighted by Crippen LogP contribution is -2.52. The molecule has 2 unspecified atom stereocenters. The zero-order valence-electron chi connectivity index (χ0n) is 16.2. The van der Waals surface area contributed by atoms with Gasteiger partial charge in [0.15, 0.2) is 0 Å². The summed E-state index contributed by atoms with van der Waals surface area (Å²) in [5.41, 5.74) is 1.43. The largest absolute Gasteiger partial charge is 0.493 e. The van der Waals surface area contributed by atoms with Gasteiger partial charge in [-0.3, -0.25) is 4.90 Å². The Hall–Kier alpha value is -1.10. The number of nitrogens with one attached hydrogen (secondary N) is 1. The lowest BCUT2D eigenvalue weighted by Gasteiger charge is -2.39.